The van der Waals surface area contributed by atoms with Crippen molar-refractivity contribution in [1.29, 1.82) is 5.26 Å². The summed E-state index contributed by atoms with van der Waals surface area (Å²) in [6.45, 7) is 2.10. The first-order chi connectivity index (χ1) is 7.95. The minimum absolute atomic E-state index is 0.224. The van der Waals surface area contributed by atoms with Gasteiger partial charge in [-0.25, -0.2) is 0 Å². The highest BCUT2D eigenvalue weighted by Gasteiger charge is 2.14. The van der Waals surface area contributed by atoms with Gasteiger partial charge in [0, 0.05) is 38.5 Å². The zero-order chi connectivity index (χ0) is 13.0. The molecule has 5 nitrogen and oxygen atoms in total. The summed E-state index contributed by atoms with van der Waals surface area (Å²) in [7, 11) is 3.24. The fourth-order valence-corrected chi connectivity index (χ4v) is 1.44. The SMILES string of the molecule is CC(C#N)CN(C)C(=O)c1ccn(C)c(=O)c1. The van der Waals surface area contributed by atoms with Gasteiger partial charge >= 0.3 is 0 Å². The van der Waals surface area contributed by atoms with Gasteiger partial charge in [-0.3, -0.25) is 9.59 Å². The smallest absolute Gasteiger partial charge is 0.253 e. The van der Waals surface area contributed by atoms with Crippen molar-refractivity contribution >= 4 is 5.91 Å². The number of aromatic nitrogens is 1. The second-order valence-corrected chi connectivity index (χ2v) is 4.08. The van der Waals surface area contributed by atoms with Crippen LogP contribution in [0.15, 0.2) is 23.1 Å². The van der Waals surface area contributed by atoms with E-state index in [2.05, 4.69) is 6.07 Å². The molecular weight excluding hydrogens is 218 g/mol. The van der Waals surface area contributed by atoms with Crippen molar-refractivity contribution in [1.82, 2.24) is 9.47 Å². The lowest BCUT2D eigenvalue weighted by molar-refractivity contribution is 0.0785. The minimum atomic E-state index is -0.246. The predicted molar refractivity (Wildman–Crippen MR) is 63.4 cm³/mol. The Hall–Kier alpha value is -2.09. The van der Waals surface area contributed by atoms with Gasteiger partial charge in [0.25, 0.3) is 11.5 Å². The quantitative estimate of drug-likeness (QED) is 0.768. The molecule has 1 atom stereocenters. The molecule has 1 amide bonds. The number of hydrogen-bond donors (Lipinski definition) is 0. The van der Waals surface area contributed by atoms with Gasteiger partial charge in [-0.15, -0.1) is 0 Å². The van der Waals surface area contributed by atoms with Gasteiger partial charge in [-0.05, 0) is 13.0 Å². The molecule has 0 fully saturated rings. The van der Waals surface area contributed by atoms with Crippen molar-refractivity contribution in [2.24, 2.45) is 13.0 Å². The van der Waals surface area contributed by atoms with Gasteiger partial charge in [0.05, 0.1) is 12.0 Å². The third kappa shape index (κ3) is 3.18. The van der Waals surface area contributed by atoms with Crippen molar-refractivity contribution in [2.75, 3.05) is 13.6 Å². The number of carbonyl (C=O) groups excluding carboxylic acids is 1. The first-order valence-electron chi connectivity index (χ1n) is 5.27. The van der Waals surface area contributed by atoms with Crippen molar-refractivity contribution < 1.29 is 4.79 Å². The minimum Gasteiger partial charge on any atom is -0.340 e. The van der Waals surface area contributed by atoms with E-state index in [0.717, 1.165) is 0 Å². The van der Waals surface area contributed by atoms with Crippen molar-refractivity contribution in [3.63, 3.8) is 0 Å². The molecule has 0 radical (unpaired) electrons. The lowest BCUT2D eigenvalue weighted by Gasteiger charge is -2.18. The Bertz CT molecular complexity index is 513. The van der Waals surface area contributed by atoms with Crippen LogP contribution in [0.3, 0.4) is 0 Å². The average molecular weight is 233 g/mol. The van der Waals surface area contributed by atoms with Crippen LogP contribution in [0.4, 0.5) is 0 Å². The average Bonchev–Trinajstić information content (AvgIpc) is 2.31. The molecule has 1 rings (SSSR count). The molecule has 1 aromatic rings. The lowest BCUT2D eigenvalue weighted by atomic mass is 10.2. The fraction of sp³-hybridized carbons (Fsp3) is 0.417. The van der Waals surface area contributed by atoms with Crippen LogP contribution in [0.2, 0.25) is 0 Å². The zero-order valence-corrected chi connectivity index (χ0v) is 10.2. The van der Waals surface area contributed by atoms with Crippen LogP contribution in [-0.2, 0) is 7.05 Å². The maximum atomic E-state index is 11.9. The molecule has 17 heavy (non-hydrogen) atoms. The molecule has 0 aromatic carbocycles. The zero-order valence-electron chi connectivity index (χ0n) is 10.2. The van der Waals surface area contributed by atoms with Crippen molar-refractivity contribution in [3.05, 3.63) is 34.2 Å². The van der Waals surface area contributed by atoms with Gasteiger partial charge in [0.15, 0.2) is 0 Å². The third-order valence-electron chi connectivity index (χ3n) is 2.47. The largest absolute Gasteiger partial charge is 0.340 e. The molecule has 0 saturated carbocycles. The van der Waals surface area contributed by atoms with E-state index >= 15 is 0 Å². The summed E-state index contributed by atoms with van der Waals surface area (Å²) in [6.07, 6.45) is 1.55. The predicted octanol–water partition coefficient (Wildman–Crippen LogP) is 0.617. The summed E-state index contributed by atoms with van der Waals surface area (Å²) in [5.74, 6) is -0.472. The monoisotopic (exact) mass is 233 g/mol. The van der Waals surface area contributed by atoms with Crippen molar-refractivity contribution in [3.8, 4) is 6.07 Å². The van der Waals surface area contributed by atoms with Crippen LogP contribution in [0.25, 0.3) is 0 Å². The number of hydrogen-bond acceptors (Lipinski definition) is 3. The summed E-state index contributed by atoms with van der Waals surface area (Å²) < 4.78 is 1.40. The van der Waals surface area contributed by atoms with Crippen LogP contribution in [0.5, 0.6) is 0 Å². The van der Waals surface area contributed by atoms with Crippen molar-refractivity contribution in [2.45, 2.75) is 6.92 Å². The highest BCUT2D eigenvalue weighted by atomic mass is 16.2. The highest BCUT2D eigenvalue weighted by molar-refractivity contribution is 5.93. The molecule has 0 bridgehead atoms. The number of amides is 1. The number of nitrogens with zero attached hydrogens (tertiary/aromatic N) is 3. The molecule has 0 saturated heterocycles. The molecule has 0 N–H and O–H groups in total. The number of pyridine rings is 1. The van der Waals surface area contributed by atoms with E-state index in [1.54, 1.807) is 33.3 Å². The van der Waals surface area contributed by atoms with Crippen LogP contribution < -0.4 is 5.56 Å². The van der Waals surface area contributed by atoms with Gasteiger partial charge in [0.2, 0.25) is 0 Å². The van der Waals surface area contributed by atoms with Gasteiger partial charge in [-0.1, -0.05) is 0 Å². The summed E-state index contributed by atoms with van der Waals surface area (Å²) in [5.41, 5.74) is 0.123. The Morgan fingerprint density at radius 3 is 2.82 bits per heavy atom. The number of aryl methyl sites for hydroxylation is 1. The van der Waals surface area contributed by atoms with E-state index in [4.69, 9.17) is 5.26 Å². The van der Waals surface area contributed by atoms with E-state index in [1.807, 2.05) is 0 Å². The Morgan fingerprint density at radius 1 is 1.65 bits per heavy atom. The van der Waals surface area contributed by atoms with Gasteiger partial charge < -0.3 is 9.47 Å². The lowest BCUT2D eigenvalue weighted by Crippen LogP contribution is -2.31. The summed E-state index contributed by atoms with van der Waals surface area (Å²) in [4.78, 5) is 24.8. The number of nitriles is 1. The molecule has 1 unspecified atom stereocenters. The molecular formula is C12H15N3O2. The summed E-state index contributed by atoms with van der Waals surface area (Å²) in [5, 5.41) is 8.68. The Labute approximate surface area is 99.9 Å². The summed E-state index contributed by atoms with van der Waals surface area (Å²) >= 11 is 0. The van der Waals surface area contributed by atoms with E-state index in [-0.39, 0.29) is 17.4 Å². The van der Waals surface area contributed by atoms with Crippen LogP contribution in [0, 0.1) is 17.2 Å². The molecule has 90 valence electrons. The number of rotatable bonds is 3. The van der Waals surface area contributed by atoms with E-state index in [1.165, 1.54) is 15.5 Å². The Balaban J connectivity index is 2.86. The molecule has 0 aliphatic rings. The summed E-state index contributed by atoms with van der Waals surface area (Å²) in [6, 6.07) is 4.96. The second-order valence-electron chi connectivity index (χ2n) is 4.08. The first-order valence-corrected chi connectivity index (χ1v) is 5.27. The van der Waals surface area contributed by atoms with E-state index < -0.39 is 0 Å². The van der Waals surface area contributed by atoms with Crippen LogP contribution >= 0.6 is 0 Å². The Morgan fingerprint density at radius 2 is 2.29 bits per heavy atom. The fourth-order valence-electron chi connectivity index (χ4n) is 1.44. The molecule has 1 aromatic heterocycles. The van der Waals surface area contributed by atoms with E-state index in [0.29, 0.717) is 12.1 Å². The van der Waals surface area contributed by atoms with Gasteiger partial charge in [0.1, 0.15) is 0 Å². The number of carbonyl (C=O) groups is 1. The topological polar surface area (TPSA) is 66.1 Å². The standard InChI is InChI=1S/C12H15N3O2/c1-9(7-13)8-15(3)12(17)10-4-5-14(2)11(16)6-10/h4-6,9H,8H2,1-3H3. The normalized spacial score (nSPS) is 11.6. The molecule has 0 spiro atoms. The van der Waals surface area contributed by atoms with Gasteiger partial charge in [-0.2, -0.15) is 5.26 Å². The Kier molecular flexibility index (Phi) is 4.05. The highest BCUT2D eigenvalue weighted by Crippen LogP contribution is 2.03. The van der Waals surface area contributed by atoms with Crippen LogP contribution in [0.1, 0.15) is 17.3 Å². The maximum absolute atomic E-state index is 11.9. The first kappa shape index (κ1) is 13.0. The van der Waals surface area contributed by atoms with Crippen LogP contribution in [-0.4, -0.2) is 29.0 Å². The second kappa shape index (κ2) is 5.30. The van der Waals surface area contributed by atoms with E-state index in [9.17, 15) is 9.59 Å². The molecule has 1 heterocycles. The molecule has 0 aliphatic carbocycles. The molecule has 0 aliphatic heterocycles. The maximum Gasteiger partial charge on any atom is 0.253 e. The molecule has 5 heteroatoms. The third-order valence-corrected chi connectivity index (χ3v) is 2.47.